The zero-order valence-corrected chi connectivity index (χ0v) is 19.4. The number of aromatic nitrogens is 1. The molecule has 5 heteroatoms. The number of hydrogen-bond acceptors (Lipinski definition) is 2. The van der Waals surface area contributed by atoms with Crippen LogP contribution in [0.1, 0.15) is 60.8 Å². The van der Waals surface area contributed by atoms with Crippen molar-refractivity contribution in [3.63, 3.8) is 0 Å². The van der Waals surface area contributed by atoms with Gasteiger partial charge in [-0.25, -0.2) is 9.78 Å². The quantitative estimate of drug-likeness (QED) is 0.438. The second-order valence-electron chi connectivity index (χ2n) is 8.89. The summed E-state index contributed by atoms with van der Waals surface area (Å²) in [6, 6.07) is 12.9. The van der Waals surface area contributed by atoms with Crippen LogP contribution < -0.4 is 0 Å². The van der Waals surface area contributed by atoms with E-state index in [0.29, 0.717) is 32.9 Å². The van der Waals surface area contributed by atoms with Crippen LogP contribution in [-0.2, 0) is 6.42 Å². The average molecular weight is 454 g/mol. The third-order valence-electron chi connectivity index (χ3n) is 6.76. The summed E-state index contributed by atoms with van der Waals surface area (Å²) in [6.07, 6.45) is 4.47. The van der Waals surface area contributed by atoms with Crippen molar-refractivity contribution in [3.8, 4) is 0 Å². The first-order valence-electron chi connectivity index (χ1n) is 10.5. The lowest BCUT2D eigenvalue weighted by Crippen LogP contribution is -2.30. The highest BCUT2D eigenvalue weighted by atomic mass is 35.5. The van der Waals surface area contributed by atoms with Gasteiger partial charge < -0.3 is 5.11 Å². The van der Waals surface area contributed by atoms with E-state index in [9.17, 15) is 9.90 Å². The van der Waals surface area contributed by atoms with Crippen LogP contribution in [0, 0.1) is 11.3 Å². The predicted molar refractivity (Wildman–Crippen MR) is 129 cm³/mol. The summed E-state index contributed by atoms with van der Waals surface area (Å²) in [4.78, 5) is 17.3. The van der Waals surface area contributed by atoms with Crippen molar-refractivity contribution in [2.45, 2.75) is 40.0 Å². The Hall–Kier alpha value is -2.36. The molecule has 2 aromatic carbocycles. The molecule has 3 nitrogen and oxygen atoms in total. The number of carbonyl (C=O) groups is 1. The van der Waals surface area contributed by atoms with Gasteiger partial charge in [-0.1, -0.05) is 74.7 Å². The molecule has 0 spiro atoms. The first kappa shape index (κ1) is 21.9. The zero-order chi connectivity index (χ0) is 22.3. The summed E-state index contributed by atoms with van der Waals surface area (Å²) in [5.74, 6) is -0.640. The molecule has 4 rings (SSSR count). The van der Waals surface area contributed by atoms with Gasteiger partial charge in [0.25, 0.3) is 0 Å². The molecule has 0 aliphatic heterocycles. The van der Waals surface area contributed by atoms with Crippen LogP contribution in [0.15, 0.2) is 42.5 Å². The molecule has 1 aliphatic rings. The Morgan fingerprint density at radius 2 is 1.81 bits per heavy atom. The molecule has 0 saturated carbocycles. The smallest absolute Gasteiger partial charge is 0.336 e. The topological polar surface area (TPSA) is 50.2 Å². The fourth-order valence-corrected chi connectivity index (χ4v) is 4.94. The number of halogens is 2. The number of aromatic carboxylic acids is 1. The van der Waals surface area contributed by atoms with Crippen molar-refractivity contribution in [3.05, 3.63) is 74.9 Å². The third kappa shape index (κ3) is 3.97. The monoisotopic (exact) mass is 453 g/mol. The highest BCUT2D eigenvalue weighted by molar-refractivity contribution is 6.37. The van der Waals surface area contributed by atoms with Gasteiger partial charge in [0, 0.05) is 21.0 Å². The molecule has 0 amide bonds. The number of para-hydroxylation sites is 1. The van der Waals surface area contributed by atoms with Crippen molar-refractivity contribution in [2.75, 3.05) is 0 Å². The summed E-state index contributed by atoms with van der Waals surface area (Å²) >= 11 is 12.9. The van der Waals surface area contributed by atoms with Gasteiger partial charge in [0.1, 0.15) is 0 Å². The SMILES string of the molecule is CCC(C)(C)C1C/C(=C/c2c(Cl)cccc2Cl)c2nc3ccccc3c(C(=O)O)c2C1. The van der Waals surface area contributed by atoms with Gasteiger partial charge in [0.2, 0.25) is 0 Å². The summed E-state index contributed by atoms with van der Waals surface area (Å²) in [7, 11) is 0. The van der Waals surface area contributed by atoms with Crippen LogP contribution in [0.4, 0.5) is 0 Å². The summed E-state index contributed by atoms with van der Waals surface area (Å²) in [6.45, 7) is 6.68. The van der Waals surface area contributed by atoms with E-state index >= 15 is 0 Å². The lowest BCUT2D eigenvalue weighted by atomic mass is 9.67. The van der Waals surface area contributed by atoms with Gasteiger partial charge >= 0.3 is 5.97 Å². The number of rotatable bonds is 4. The predicted octanol–water partition coefficient (Wildman–Crippen LogP) is 7.78. The molecule has 0 saturated heterocycles. The second kappa shape index (κ2) is 8.29. The van der Waals surface area contributed by atoms with E-state index in [1.807, 2.05) is 48.5 Å². The van der Waals surface area contributed by atoms with Crippen molar-refractivity contribution in [1.29, 1.82) is 0 Å². The van der Waals surface area contributed by atoms with Gasteiger partial charge in [-0.3, -0.25) is 0 Å². The number of carboxylic acids is 1. The normalized spacial score (nSPS) is 17.7. The molecule has 1 unspecified atom stereocenters. The van der Waals surface area contributed by atoms with E-state index in [1.165, 1.54) is 0 Å². The highest BCUT2D eigenvalue weighted by Crippen LogP contribution is 2.46. The molecule has 3 aromatic rings. The van der Waals surface area contributed by atoms with Gasteiger partial charge in [-0.2, -0.15) is 0 Å². The molecule has 1 atom stereocenters. The number of pyridine rings is 1. The molecular weight excluding hydrogens is 429 g/mol. The minimum atomic E-state index is -0.917. The number of fused-ring (bicyclic) bond motifs is 2. The maximum absolute atomic E-state index is 12.4. The number of allylic oxidation sites excluding steroid dienone is 1. The molecule has 0 fully saturated rings. The average Bonchev–Trinajstić information content (AvgIpc) is 2.74. The van der Waals surface area contributed by atoms with Gasteiger partial charge in [-0.05, 0) is 59.6 Å². The van der Waals surface area contributed by atoms with Gasteiger partial charge in [0.05, 0.1) is 16.8 Å². The fraction of sp³-hybridized carbons (Fsp3) is 0.308. The lowest BCUT2D eigenvalue weighted by molar-refractivity contribution is 0.0696. The Kier molecular flexibility index (Phi) is 5.85. The zero-order valence-electron chi connectivity index (χ0n) is 17.9. The van der Waals surface area contributed by atoms with Crippen LogP contribution in [0.5, 0.6) is 0 Å². The standard InChI is InChI=1S/C26H25Cl2NO2/c1-4-26(2,3)16-12-15(13-18-20(27)9-7-10-21(18)28)24-19(14-16)23(25(30)31)17-8-5-6-11-22(17)29-24/h5-11,13,16H,4,12,14H2,1-3H3,(H,30,31)/b15-13-. The van der Waals surface area contributed by atoms with Crippen LogP contribution in [0.25, 0.3) is 22.6 Å². The molecule has 31 heavy (non-hydrogen) atoms. The van der Waals surface area contributed by atoms with Crippen LogP contribution in [0.3, 0.4) is 0 Å². The van der Waals surface area contributed by atoms with Gasteiger partial charge in [0.15, 0.2) is 0 Å². The minimum absolute atomic E-state index is 0.0441. The van der Waals surface area contributed by atoms with Crippen LogP contribution in [0.2, 0.25) is 10.0 Å². The Morgan fingerprint density at radius 1 is 1.13 bits per heavy atom. The second-order valence-corrected chi connectivity index (χ2v) is 9.70. The first-order valence-corrected chi connectivity index (χ1v) is 11.3. The molecule has 1 N–H and O–H groups in total. The van der Waals surface area contributed by atoms with Crippen molar-refractivity contribution in [2.24, 2.45) is 11.3 Å². The van der Waals surface area contributed by atoms with E-state index in [4.69, 9.17) is 28.2 Å². The summed E-state index contributed by atoms with van der Waals surface area (Å²) < 4.78 is 0. The van der Waals surface area contributed by atoms with Crippen molar-refractivity contribution < 1.29 is 9.90 Å². The Bertz CT molecular complexity index is 1190. The van der Waals surface area contributed by atoms with E-state index in [-0.39, 0.29) is 11.3 Å². The largest absolute Gasteiger partial charge is 0.478 e. The Labute approximate surface area is 192 Å². The van der Waals surface area contributed by atoms with Crippen LogP contribution in [-0.4, -0.2) is 16.1 Å². The summed E-state index contributed by atoms with van der Waals surface area (Å²) in [5, 5.41) is 12.0. The van der Waals surface area contributed by atoms with Crippen molar-refractivity contribution in [1.82, 2.24) is 4.98 Å². The highest BCUT2D eigenvalue weighted by Gasteiger charge is 2.36. The molecule has 1 aliphatic carbocycles. The third-order valence-corrected chi connectivity index (χ3v) is 7.42. The fourth-order valence-electron chi connectivity index (χ4n) is 4.43. The van der Waals surface area contributed by atoms with E-state index in [0.717, 1.165) is 35.2 Å². The maximum Gasteiger partial charge on any atom is 0.336 e. The lowest BCUT2D eigenvalue weighted by Gasteiger charge is -2.38. The molecular formula is C26H25Cl2NO2. The molecule has 0 radical (unpaired) electrons. The molecule has 1 heterocycles. The number of hydrogen-bond donors (Lipinski definition) is 1. The van der Waals surface area contributed by atoms with E-state index in [1.54, 1.807) is 0 Å². The Balaban J connectivity index is 2.03. The maximum atomic E-state index is 12.4. The Morgan fingerprint density at radius 3 is 2.45 bits per heavy atom. The number of benzene rings is 2. The van der Waals surface area contributed by atoms with Gasteiger partial charge in [-0.15, -0.1) is 0 Å². The van der Waals surface area contributed by atoms with Crippen LogP contribution >= 0.6 is 23.2 Å². The first-order chi connectivity index (χ1) is 14.7. The molecule has 160 valence electrons. The minimum Gasteiger partial charge on any atom is -0.478 e. The number of carboxylic acid groups (broad SMARTS) is 1. The molecule has 1 aromatic heterocycles. The van der Waals surface area contributed by atoms with E-state index < -0.39 is 5.97 Å². The number of nitrogens with zero attached hydrogens (tertiary/aromatic N) is 1. The molecule has 0 bridgehead atoms. The van der Waals surface area contributed by atoms with Crippen molar-refractivity contribution >= 4 is 51.7 Å². The summed E-state index contributed by atoms with van der Waals surface area (Å²) in [5.41, 5.74) is 4.36. The van der Waals surface area contributed by atoms with E-state index in [2.05, 4.69) is 20.8 Å².